The predicted octanol–water partition coefficient (Wildman–Crippen LogP) is 4.31. The Hall–Kier alpha value is -2.86. The maximum atomic E-state index is 13.0. The van der Waals surface area contributed by atoms with Crippen LogP contribution in [0.3, 0.4) is 0 Å². The van der Waals surface area contributed by atoms with Crippen LogP contribution in [0.25, 0.3) is 0 Å². The third-order valence-electron chi connectivity index (χ3n) is 5.54. The Morgan fingerprint density at radius 2 is 1.87 bits per heavy atom. The van der Waals surface area contributed by atoms with E-state index in [4.69, 9.17) is 11.6 Å². The van der Waals surface area contributed by atoms with Crippen LogP contribution in [-0.4, -0.2) is 24.3 Å². The molecule has 0 radical (unpaired) electrons. The molecule has 1 heterocycles. The summed E-state index contributed by atoms with van der Waals surface area (Å²) in [5.41, 5.74) is 2.64. The van der Waals surface area contributed by atoms with E-state index in [1.54, 1.807) is 23.1 Å². The summed E-state index contributed by atoms with van der Waals surface area (Å²) >= 11 is 6.12. The van der Waals surface area contributed by atoms with E-state index in [0.29, 0.717) is 29.2 Å². The van der Waals surface area contributed by atoms with Crippen molar-refractivity contribution in [2.24, 2.45) is 5.92 Å². The standard InChI is InChI=1S/C23H24ClN3O3/c1-14(15-6-9-18(10-7-15)26-22(29)16-4-5-16)25-23(30)19-11-8-17(24)13-20(19)27-12-2-3-21(27)28/h6-11,13-14,16H,2-5,12H2,1H3,(H,25,30)(H,26,29). The number of nitrogens with zero attached hydrogens (tertiary/aromatic N) is 1. The first-order valence-corrected chi connectivity index (χ1v) is 10.6. The first-order chi connectivity index (χ1) is 14.4. The van der Waals surface area contributed by atoms with Crippen LogP contribution in [0, 0.1) is 5.92 Å². The highest BCUT2D eigenvalue weighted by atomic mass is 35.5. The molecule has 156 valence electrons. The molecule has 1 atom stereocenters. The van der Waals surface area contributed by atoms with Gasteiger partial charge < -0.3 is 15.5 Å². The Labute approximate surface area is 180 Å². The lowest BCUT2D eigenvalue weighted by molar-refractivity contribution is -0.118. The van der Waals surface area contributed by atoms with Crippen molar-refractivity contribution >= 4 is 40.7 Å². The number of amides is 3. The molecule has 1 saturated carbocycles. The lowest BCUT2D eigenvalue weighted by atomic mass is 10.1. The normalized spacial score (nSPS) is 17.0. The van der Waals surface area contributed by atoms with Crippen LogP contribution >= 0.6 is 11.6 Å². The highest BCUT2D eigenvalue weighted by Gasteiger charge is 2.29. The minimum atomic E-state index is -0.264. The topological polar surface area (TPSA) is 78.5 Å². The summed E-state index contributed by atoms with van der Waals surface area (Å²) in [4.78, 5) is 38.7. The van der Waals surface area contributed by atoms with E-state index in [0.717, 1.165) is 30.5 Å². The summed E-state index contributed by atoms with van der Waals surface area (Å²) in [5.74, 6) is -0.0436. The minimum absolute atomic E-state index is 0.00296. The number of carbonyl (C=O) groups excluding carboxylic acids is 3. The number of hydrogen-bond donors (Lipinski definition) is 2. The van der Waals surface area contributed by atoms with E-state index >= 15 is 0 Å². The van der Waals surface area contributed by atoms with Crippen molar-refractivity contribution in [2.75, 3.05) is 16.8 Å². The average molecular weight is 426 g/mol. The van der Waals surface area contributed by atoms with Gasteiger partial charge in [0.05, 0.1) is 17.3 Å². The van der Waals surface area contributed by atoms with E-state index in [1.807, 2.05) is 31.2 Å². The van der Waals surface area contributed by atoms with Crippen LogP contribution in [0.4, 0.5) is 11.4 Å². The van der Waals surface area contributed by atoms with Gasteiger partial charge in [0, 0.05) is 29.6 Å². The molecule has 1 aliphatic heterocycles. The summed E-state index contributed by atoms with van der Waals surface area (Å²) in [5, 5.41) is 6.38. The maximum absolute atomic E-state index is 13.0. The summed E-state index contributed by atoms with van der Waals surface area (Å²) in [6.45, 7) is 2.48. The molecule has 2 aromatic rings. The third kappa shape index (κ3) is 4.49. The van der Waals surface area contributed by atoms with Crippen molar-refractivity contribution in [3.05, 3.63) is 58.6 Å². The Balaban J connectivity index is 1.46. The van der Waals surface area contributed by atoms with Gasteiger partial charge in [0.25, 0.3) is 5.91 Å². The highest BCUT2D eigenvalue weighted by Crippen LogP contribution is 2.31. The molecule has 30 heavy (non-hydrogen) atoms. The van der Waals surface area contributed by atoms with Crippen LogP contribution < -0.4 is 15.5 Å². The molecule has 7 heteroatoms. The van der Waals surface area contributed by atoms with Crippen molar-refractivity contribution in [3.63, 3.8) is 0 Å². The molecule has 2 N–H and O–H groups in total. The first kappa shape index (κ1) is 20.4. The zero-order valence-corrected chi connectivity index (χ0v) is 17.5. The number of nitrogens with one attached hydrogen (secondary N) is 2. The number of benzene rings is 2. The van der Waals surface area contributed by atoms with Crippen LogP contribution in [0.5, 0.6) is 0 Å². The minimum Gasteiger partial charge on any atom is -0.345 e. The predicted molar refractivity (Wildman–Crippen MR) is 117 cm³/mol. The zero-order valence-electron chi connectivity index (χ0n) is 16.8. The molecule has 1 aliphatic carbocycles. The monoisotopic (exact) mass is 425 g/mol. The Kier molecular flexibility index (Phi) is 5.77. The average Bonchev–Trinajstić information content (AvgIpc) is 3.49. The lowest BCUT2D eigenvalue weighted by Gasteiger charge is -2.21. The van der Waals surface area contributed by atoms with Crippen molar-refractivity contribution in [2.45, 2.75) is 38.6 Å². The van der Waals surface area contributed by atoms with Crippen LogP contribution in [0.2, 0.25) is 5.02 Å². The van der Waals surface area contributed by atoms with E-state index < -0.39 is 0 Å². The SMILES string of the molecule is CC(NC(=O)c1ccc(Cl)cc1N1CCCC1=O)c1ccc(NC(=O)C2CC2)cc1. The van der Waals surface area contributed by atoms with Crippen molar-refractivity contribution in [3.8, 4) is 0 Å². The Morgan fingerprint density at radius 1 is 1.13 bits per heavy atom. The van der Waals surface area contributed by atoms with Gasteiger partial charge in [-0.1, -0.05) is 23.7 Å². The fourth-order valence-corrected chi connectivity index (χ4v) is 3.79. The molecular weight excluding hydrogens is 402 g/mol. The van der Waals surface area contributed by atoms with Gasteiger partial charge in [-0.25, -0.2) is 0 Å². The molecule has 0 aromatic heterocycles. The van der Waals surface area contributed by atoms with E-state index in [1.165, 1.54) is 0 Å². The fourth-order valence-electron chi connectivity index (χ4n) is 3.63. The van der Waals surface area contributed by atoms with Crippen molar-refractivity contribution in [1.82, 2.24) is 5.32 Å². The quantitative estimate of drug-likeness (QED) is 0.724. The number of rotatable bonds is 6. The second kappa shape index (κ2) is 8.48. The molecule has 1 unspecified atom stereocenters. The van der Waals surface area contributed by atoms with E-state index in [2.05, 4.69) is 10.6 Å². The van der Waals surface area contributed by atoms with Crippen LogP contribution in [0.15, 0.2) is 42.5 Å². The molecule has 0 bridgehead atoms. The summed E-state index contributed by atoms with van der Waals surface area (Å²) in [7, 11) is 0. The van der Waals surface area contributed by atoms with Crippen LogP contribution in [0.1, 0.15) is 54.6 Å². The molecule has 6 nitrogen and oxygen atoms in total. The second-order valence-electron chi connectivity index (χ2n) is 7.89. The molecule has 1 saturated heterocycles. The van der Waals surface area contributed by atoms with E-state index in [-0.39, 0.29) is 29.7 Å². The molecule has 2 aromatic carbocycles. The molecule has 0 spiro atoms. The van der Waals surface area contributed by atoms with Gasteiger partial charge in [-0.05, 0) is 62.1 Å². The second-order valence-corrected chi connectivity index (χ2v) is 8.33. The van der Waals surface area contributed by atoms with Crippen molar-refractivity contribution in [1.29, 1.82) is 0 Å². The molecule has 3 amide bonds. The smallest absolute Gasteiger partial charge is 0.253 e. The van der Waals surface area contributed by atoms with Gasteiger partial charge >= 0.3 is 0 Å². The first-order valence-electron chi connectivity index (χ1n) is 10.2. The highest BCUT2D eigenvalue weighted by molar-refractivity contribution is 6.31. The molecule has 4 rings (SSSR count). The number of anilines is 2. The largest absolute Gasteiger partial charge is 0.345 e. The Bertz CT molecular complexity index is 986. The maximum Gasteiger partial charge on any atom is 0.253 e. The lowest BCUT2D eigenvalue weighted by Crippen LogP contribution is -2.31. The van der Waals surface area contributed by atoms with Gasteiger partial charge in [-0.15, -0.1) is 0 Å². The van der Waals surface area contributed by atoms with Gasteiger partial charge in [0.2, 0.25) is 11.8 Å². The third-order valence-corrected chi connectivity index (χ3v) is 5.78. The Morgan fingerprint density at radius 3 is 2.50 bits per heavy atom. The number of hydrogen-bond acceptors (Lipinski definition) is 3. The van der Waals surface area contributed by atoms with E-state index in [9.17, 15) is 14.4 Å². The molecule has 2 aliphatic rings. The number of halogens is 1. The van der Waals surface area contributed by atoms with Crippen LogP contribution in [-0.2, 0) is 9.59 Å². The summed E-state index contributed by atoms with van der Waals surface area (Å²) < 4.78 is 0. The molecular formula is C23H24ClN3O3. The summed E-state index contributed by atoms with van der Waals surface area (Å²) in [6, 6.07) is 12.2. The molecule has 2 fully saturated rings. The van der Waals surface area contributed by atoms with Gasteiger partial charge in [0.1, 0.15) is 0 Å². The summed E-state index contributed by atoms with van der Waals surface area (Å²) in [6.07, 6.45) is 3.17. The van der Waals surface area contributed by atoms with Crippen molar-refractivity contribution < 1.29 is 14.4 Å². The zero-order chi connectivity index (χ0) is 21.3. The van der Waals surface area contributed by atoms with Gasteiger partial charge in [0.15, 0.2) is 0 Å². The number of carbonyl (C=O) groups is 3. The fraction of sp³-hybridized carbons (Fsp3) is 0.348. The van der Waals surface area contributed by atoms with Gasteiger partial charge in [-0.2, -0.15) is 0 Å². The van der Waals surface area contributed by atoms with Gasteiger partial charge in [-0.3, -0.25) is 14.4 Å².